The molecule has 0 aromatic rings. The van der Waals surface area contributed by atoms with E-state index in [-0.39, 0.29) is 29.6 Å². The van der Waals surface area contributed by atoms with Gasteiger partial charge in [-0.1, -0.05) is 0 Å². The first-order chi connectivity index (χ1) is 7.91. The molecule has 0 saturated carbocycles. The zero-order valence-electron chi connectivity index (χ0n) is 8.58. The summed E-state index contributed by atoms with van der Waals surface area (Å²) >= 11 is 0. The molecule has 0 rings (SSSR count). The third-order valence-corrected chi connectivity index (χ3v) is 1.34. The second-order valence-electron chi connectivity index (χ2n) is 2.77. The van der Waals surface area contributed by atoms with E-state index < -0.39 is 49.6 Å². The molecule has 0 spiro atoms. The van der Waals surface area contributed by atoms with Gasteiger partial charge >= 0.3 is 53.4 Å². The van der Waals surface area contributed by atoms with Gasteiger partial charge in [0.2, 0.25) is 0 Å². The second-order valence-corrected chi connectivity index (χ2v) is 2.77. The van der Waals surface area contributed by atoms with Crippen molar-refractivity contribution in [2.24, 2.45) is 0 Å². The number of aliphatic carboxylic acids is 2. The zero-order chi connectivity index (χ0) is 13.3. The van der Waals surface area contributed by atoms with Crippen LogP contribution in [0.15, 0.2) is 0 Å². The van der Waals surface area contributed by atoms with Crippen LogP contribution in [0.2, 0.25) is 0 Å². The van der Waals surface area contributed by atoms with Crippen LogP contribution < -0.4 is 0 Å². The van der Waals surface area contributed by atoms with Crippen LogP contribution in [-0.2, 0) is 34.0 Å². The molecule has 0 atom stereocenters. The first-order valence-electron chi connectivity index (χ1n) is 4.42. The van der Waals surface area contributed by atoms with Crippen LogP contribution in [0.3, 0.4) is 0 Å². The van der Waals surface area contributed by atoms with Crippen molar-refractivity contribution >= 4 is 53.4 Å². The molecular formula is C8H11NaO9. The molecule has 0 saturated heterocycles. The molecule has 0 fully saturated rings. The van der Waals surface area contributed by atoms with Gasteiger partial charge in [0.1, 0.15) is 0 Å². The van der Waals surface area contributed by atoms with Gasteiger partial charge in [-0.3, -0.25) is 19.4 Å². The second kappa shape index (κ2) is 11.0. The molecule has 0 aromatic carbocycles. The normalized spacial score (nSPS) is 8.89. The molecular weight excluding hydrogens is 263 g/mol. The van der Waals surface area contributed by atoms with E-state index in [0.717, 1.165) is 0 Å². The minimum atomic E-state index is -1.19. The quantitative estimate of drug-likeness (QED) is 0.324. The fourth-order valence-electron chi connectivity index (χ4n) is 0.594. The number of carbonyl (C=O) groups is 4. The molecule has 0 amide bonds. The van der Waals surface area contributed by atoms with Crippen molar-refractivity contribution in [2.45, 2.75) is 25.7 Å². The number of carboxylic acid groups (broad SMARTS) is 2. The fraction of sp³-hybridized carbons (Fsp3) is 0.500. The predicted octanol–water partition coefficient (Wildman–Crippen LogP) is -1.000. The van der Waals surface area contributed by atoms with Gasteiger partial charge in [-0.05, 0) is 0 Å². The van der Waals surface area contributed by atoms with E-state index >= 15 is 0 Å². The first kappa shape index (κ1) is 19.2. The van der Waals surface area contributed by atoms with Crippen LogP contribution >= 0.6 is 0 Å². The molecule has 0 heterocycles. The van der Waals surface area contributed by atoms with Crippen molar-refractivity contribution < 1.29 is 44.2 Å². The van der Waals surface area contributed by atoms with E-state index in [1.165, 1.54) is 0 Å². The predicted molar refractivity (Wildman–Crippen MR) is 54.2 cm³/mol. The van der Waals surface area contributed by atoms with Gasteiger partial charge in [0, 0.05) is 5.04 Å². The summed E-state index contributed by atoms with van der Waals surface area (Å²) < 4.78 is 0. The van der Waals surface area contributed by atoms with E-state index in [1.807, 2.05) is 0 Å². The van der Waals surface area contributed by atoms with Crippen molar-refractivity contribution in [2.75, 3.05) is 0 Å². The van der Waals surface area contributed by atoms with E-state index in [9.17, 15) is 19.2 Å². The van der Waals surface area contributed by atoms with Crippen LogP contribution in [0.4, 0.5) is 0 Å². The van der Waals surface area contributed by atoms with Crippen molar-refractivity contribution in [3.05, 3.63) is 0 Å². The minimum absolute atomic E-state index is 0. The molecule has 9 nitrogen and oxygen atoms in total. The van der Waals surface area contributed by atoms with Crippen molar-refractivity contribution in [3.8, 4) is 0 Å². The third kappa shape index (κ3) is 12.9. The van der Waals surface area contributed by atoms with E-state index in [4.69, 9.17) is 10.2 Å². The van der Waals surface area contributed by atoms with Crippen LogP contribution in [0.1, 0.15) is 25.7 Å². The maximum atomic E-state index is 10.7. The number of carbonyl (C=O) groups excluding carboxylic acids is 2. The molecule has 98 valence electrons. The SMILES string of the molecule is O=C(O)CCC(=O)OOOC(=O)CCC(=O)O.[NaH]. The van der Waals surface area contributed by atoms with E-state index in [1.54, 1.807) is 0 Å². The molecule has 0 aliphatic carbocycles. The Morgan fingerprint density at radius 3 is 1.33 bits per heavy atom. The summed E-state index contributed by atoms with van der Waals surface area (Å²) in [5.41, 5.74) is 0. The number of hydrogen-bond acceptors (Lipinski definition) is 7. The topological polar surface area (TPSA) is 136 Å². The third-order valence-electron chi connectivity index (χ3n) is 1.34. The standard InChI is InChI=1S/C8H10O9.Na.H/c9-5(10)1-3-7(13)15-17-16-8(14)4-2-6(11)12;;/h1-4H2,(H,9,10)(H,11,12);;. The molecule has 0 bridgehead atoms. The summed E-state index contributed by atoms with van der Waals surface area (Å²) in [6.45, 7) is 0. The van der Waals surface area contributed by atoms with Crippen molar-refractivity contribution in [3.63, 3.8) is 0 Å². The molecule has 2 N–H and O–H groups in total. The molecule has 0 unspecified atom stereocenters. The van der Waals surface area contributed by atoms with Gasteiger partial charge < -0.3 is 10.2 Å². The molecule has 0 aliphatic rings. The van der Waals surface area contributed by atoms with Gasteiger partial charge in [0.05, 0.1) is 25.7 Å². The van der Waals surface area contributed by atoms with Gasteiger partial charge in [-0.25, -0.2) is 9.59 Å². The maximum absolute atomic E-state index is 10.7. The molecule has 0 radical (unpaired) electrons. The Morgan fingerprint density at radius 1 is 0.722 bits per heavy atom. The number of rotatable bonds is 8. The molecule has 18 heavy (non-hydrogen) atoms. The zero-order valence-corrected chi connectivity index (χ0v) is 8.58. The summed E-state index contributed by atoms with van der Waals surface area (Å²) in [5, 5.41) is 20.2. The average molecular weight is 274 g/mol. The number of hydrogen-bond donors (Lipinski definition) is 2. The van der Waals surface area contributed by atoms with E-state index in [2.05, 4.69) is 14.8 Å². The Morgan fingerprint density at radius 2 is 1.06 bits per heavy atom. The van der Waals surface area contributed by atoms with Gasteiger partial charge in [0.15, 0.2) is 0 Å². The molecule has 10 heteroatoms. The van der Waals surface area contributed by atoms with Gasteiger partial charge in [-0.15, -0.1) is 0 Å². The summed E-state index contributed by atoms with van der Waals surface area (Å²) in [6.07, 6.45) is -1.78. The Bertz CT molecular complexity index is 284. The number of carboxylic acids is 2. The van der Waals surface area contributed by atoms with Crippen LogP contribution in [0, 0.1) is 0 Å². The van der Waals surface area contributed by atoms with Crippen molar-refractivity contribution in [1.82, 2.24) is 0 Å². The van der Waals surface area contributed by atoms with Crippen molar-refractivity contribution in [1.29, 1.82) is 0 Å². The Labute approximate surface area is 123 Å². The Balaban J connectivity index is 0. The Kier molecular flexibility index (Phi) is 11.7. The van der Waals surface area contributed by atoms with Crippen LogP contribution in [0.5, 0.6) is 0 Å². The molecule has 0 aromatic heterocycles. The van der Waals surface area contributed by atoms with Gasteiger partial charge in [0.25, 0.3) is 0 Å². The van der Waals surface area contributed by atoms with Crippen LogP contribution in [0.25, 0.3) is 0 Å². The summed E-state index contributed by atoms with van der Waals surface area (Å²) in [6, 6.07) is 0. The first-order valence-corrected chi connectivity index (χ1v) is 4.42. The summed E-state index contributed by atoms with van der Waals surface area (Å²) in [7, 11) is 0. The summed E-state index contributed by atoms with van der Waals surface area (Å²) in [5.74, 6) is -4.45. The van der Waals surface area contributed by atoms with Gasteiger partial charge in [-0.2, -0.15) is 0 Å². The van der Waals surface area contributed by atoms with Crippen LogP contribution in [-0.4, -0.2) is 63.6 Å². The summed E-state index contributed by atoms with van der Waals surface area (Å²) in [4.78, 5) is 49.2. The van der Waals surface area contributed by atoms with E-state index in [0.29, 0.717) is 0 Å². The average Bonchev–Trinajstić information content (AvgIpc) is 2.23. The molecule has 0 aliphatic heterocycles. The fourth-order valence-corrected chi connectivity index (χ4v) is 0.594. The monoisotopic (exact) mass is 274 g/mol. The Hall–Kier alpha value is -1.16.